The highest BCUT2D eigenvalue weighted by atomic mass is 19.1. The van der Waals surface area contributed by atoms with Crippen molar-refractivity contribution in [3.8, 4) is 6.07 Å². The molecule has 0 spiro atoms. The number of halogens is 1. The summed E-state index contributed by atoms with van der Waals surface area (Å²) in [6, 6.07) is 6.63. The lowest BCUT2D eigenvalue weighted by molar-refractivity contribution is 0.446. The van der Waals surface area contributed by atoms with Crippen LogP contribution in [0.5, 0.6) is 0 Å². The summed E-state index contributed by atoms with van der Waals surface area (Å²) in [4.78, 5) is 0. The number of nitrogens with one attached hydrogen (secondary N) is 1. The Morgan fingerprint density at radius 2 is 2.33 bits per heavy atom. The molecule has 0 saturated carbocycles. The Morgan fingerprint density at radius 1 is 1.47 bits per heavy atom. The number of nitrogens with zero attached hydrogens (tertiary/aromatic N) is 1. The van der Waals surface area contributed by atoms with E-state index in [0.717, 1.165) is 25.9 Å². The van der Waals surface area contributed by atoms with Crippen molar-refractivity contribution < 1.29 is 4.39 Å². The summed E-state index contributed by atoms with van der Waals surface area (Å²) in [5.74, 6) is 0.0229. The minimum atomic E-state index is -0.192. The van der Waals surface area contributed by atoms with Gasteiger partial charge in [-0.15, -0.1) is 0 Å². The second kappa shape index (κ2) is 4.41. The molecule has 2 rings (SSSR count). The predicted octanol–water partition coefficient (Wildman–Crippen LogP) is 2.16. The molecule has 1 N–H and O–H groups in total. The fraction of sp³-hybridized carbons (Fsp3) is 0.417. The van der Waals surface area contributed by atoms with E-state index in [9.17, 15) is 4.39 Å². The van der Waals surface area contributed by atoms with Crippen molar-refractivity contribution in [3.05, 3.63) is 35.1 Å². The fourth-order valence-electron chi connectivity index (χ4n) is 2.04. The normalized spacial score (nSPS) is 20.9. The molecule has 1 aromatic carbocycles. The second-order valence-electron chi connectivity index (χ2n) is 3.89. The lowest BCUT2D eigenvalue weighted by Crippen LogP contribution is -2.28. The number of rotatable bonds is 1. The Labute approximate surface area is 88.7 Å². The fourth-order valence-corrected chi connectivity index (χ4v) is 2.04. The van der Waals surface area contributed by atoms with Gasteiger partial charge in [0.25, 0.3) is 0 Å². The van der Waals surface area contributed by atoms with E-state index < -0.39 is 0 Å². The summed E-state index contributed by atoms with van der Waals surface area (Å²) in [5, 5.41) is 12.0. The molecule has 2 nitrogen and oxygen atoms in total. The van der Waals surface area contributed by atoms with Gasteiger partial charge in [-0.3, -0.25) is 0 Å². The van der Waals surface area contributed by atoms with Crippen LogP contribution in [-0.4, -0.2) is 13.1 Å². The van der Waals surface area contributed by atoms with Crippen LogP contribution in [0.15, 0.2) is 18.2 Å². The lowest BCUT2D eigenvalue weighted by atomic mass is 9.90. The molecule has 1 aromatic rings. The Kier molecular flexibility index (Phi) is 2.98. The molecule has 1 heterocycles. The molecule has 0 aromatic heterocycles. The molecular formula is C12H13FN2. The molecule has 78 valence electrons. The van der Waals surface area contributed by atoms with Crippen molar-refractivity contribution in [1.29, 1.82) is 5.26 Å². The molecule has 15 heavy (non-hydrogen) atoms. The Hall–Kier alpha value is -1.40. The van der Waals surface area contributed by atoms with E-state index in [0.29, 0.717) is 11.1 Å². The maximum atomic E-state index is 13.6. The largest absolute Gasteiger partial charge is 0.316 e. The van der Waals surface area contributed by atoms with Crippen LogP contribution in [0.3, 0.4) is 0 Å². The van der Waals surface area contributed by atoms with E-state index in [1.165, 1.54) is 12.1 Å². The zero-order chi connectivity index (χ0) is 10.7. The molecule has 0 amide bonds. The van der Waals surface area contributed by atoms with Gasteiger partial charge >= 0.3 is 0 Å². The summed E-state index contributed by atoms with van der Waals surface area (Å²) in [7, 11) is 0. The van der Waals surface area contributed by atoms with Crippen LogP contribution < -0.4 is 5.32 Å². The monoisotopic (exact) mass is 204 g/mol. The van der Waals surface area contributed by atoms with Crippen LogP contribution in [0, 0.1) is 17.1 Å². The van der Waals surface area contributed by atoms with Gasteiger partial charge in [-0.1, -0.05) is 0 Å². The minimum absolute atomic E-state index is 0.192. The third kappa shape index (κ3) is 2.16. The highest BCUT2D eigenvalue weighted by molar-refractivity contribution is 5.35. The first kappa shape index (κ1) is 10.1. The Morgan fingerprint density at radius 3 is 3.00 bits per heavy atom. The average molecular weight is 204 g/mol. The topological polar surface area (TPSA) is 35.8 Å². The SMILES string of the molecule is N#Cc1ccc(F)c([C@H]2CCCNC2)c1. The van der Waals surface area contributed by atoms with Gasteiger partial charge in [0.05, 0.1) is 11.6 Å². The molecule has 1 atom stereocenters. The minimum Gasteiger partial charge on any atom is -0.316 e. The van der Waals surface area contributed by atoms with Crippen molar-refractivity contribution in [2.24, 2.45) is 0 Å². The third-order valence-electron chi connectivity index (χ3n) is 2.86. The number of hydrogen-bond acceptors (Lipinski definition) is 2. The second-order valence-corrected chi connectivity index (χ2v) is 3.89. The molecule has 1 aliphatic heterocycles. The quantitative estimate of drug-likeness (QED) is 0.761. The lowest BCUT2D eigenvalue weighted by Gasteiger charge is -2.23. The summed E-state index contributed by atoms with van der Waals surface area (Å²) < 4.78 is 13.6. The maximum absolute atomic E-state index is 13.6. The van der Waals surface area contributed by atoms with Gasteiger partial charge in [0.15, 0.2) is 0 Å². The van der Waals surface area contributed by atoms with Crippen molar-refractivity contribution in [2.75, 3.05) is 13.1 Å². The molecule has 0 unspecified atom stereocenters. The number of hydrogen-bond donors (Lipinski definition) is 1. The van der Waals surface area contributed by atoms with Gasteiger partial charge in [-0.05, 0) is 49.1 Å². The molecule has 1 aliphatic rings. The summed E-state index contributed by atoms with van der Waals surface area (Å²) in [6.07, 6.45) is 2.07. The van der Waals surface area contributed by atoms with Crippen LogP contribution in [-0.2, 0) is 0 Å². The maximum Gasteiger partial charge on any atom is 0.126 e. The predicted molar refractivity (Wildman–Crippen MR) is 56.0 cm³/mol. The molecule has 1 fully saturated rings. The molecule has 3 heteroatoms. The molecule has 0 bridgehead atoms. The highest BCUT2D eigenvalue weighted by Crippen LogP contribution is 2.26. The zero-order valence-electron chi connectivity index (χ0n) is 8.46. The molecule has 0 aliphatic carbocycles. The summed E-state index contributed by atoms with van der Waals surface area (Å²) in [6.45, 7) is 1.82. The first-order valence-electron chi connectivity index (χ1n) is 5.21. The van der Waals surface area contributed by atoms with Crippen LogP contribution >= 0.6 is 0 Å². The van der Waals surface area contributed by atoms with Gasteiger partial charge in [-0.2, -0.15) is 5.26 Å². The summed E-state index contributed by atoms with van der Waals surface area (Å²) >= 11 is 0. The van der Waals surface area contributed by atoms with E-state index in [2.05, 4.69) is 5.32 Å². The number of piperidine rings is 1. The molecule has 0 radical (unpaired) electrons. The van der Waals surface area contributed by atoms with Gasteiger partial charge < -0.3 is 5.32 Å². The van der Waals surface area contributed by atoms with E-state index in [-0.39, 0.29) is 11.7 Å². The van der Waals surface area contributed by atoms with Gasteiger partial charge in [0.1, 0.15) is 5.82 Å². The van der Waals surface area contributed by atoms with Crippen molar-refractivity contribution in [1.82, 2.24) is 5.32 Å². The number of benzene rings is 1. The Bertz CT molecular complexity index is 389. The van der Waals surface area contributed by atoms with Crippen LogP contribution in [0.25, 0.3) is 0 Å². The van der Waals surface area contributed by atoms with Crippen LogP contribution in [0.1, 0.15) is 29.9 Å². The van der Waals surface area contributed by atoms with Gasteiger partial charge in [0.2, 0.25) is 0 Å². The highest BCUT2D eigenvalue weighted by Gasteiger charge is 2.18. The standard InChI is InChI=1S/C12H13FN2/c13-12-4-3-9(7-14)6-11(12)10-2-1-5-15-8-10/h3-4,6,10,15H,1-2,5,8H2/t10-/m0/s1. The van der Waals surface area contributed by atoms with Crippen molar-refractivity contribution >= 4 is 0 Å². The van der Waals surface area contributed by atoms with Crippen molar-refractivity contribution in [2.45, 2.75) is 18.8 Å². The van der Waals surface area contributed by atoms with Crippen LogP contribution in [0.2, 0.25) is 0 Å². The van der Waals surface area contributed by atoms with Crippen LogP contribution in [0.4, 0.5) is 4.39 Å². The third-order valence-corrected chi connectivity index (χ3v) is 2.86. The van der Waals surface area contributed by atoms with Gasteiger partial charge in [-0.25, -0.2) is 4.39 Å². The Balaban J connectivity index is 2.29. The smallest absolute Gasteiger partial charge is 0.126 e. The van der Waals surface area contributed by atoms with E-state index in [4.69, 9.17) is 5.26 Å². The first-order valence-corrected chi connectivity index (χ1v) is 5.21. The average Bonchev–Trinajstić information content (AvgIpc) is 2.31. The zero-order valence-corrected chi connectivity index (χ0v) is 8.46. The molecule has 1 saturated heterocycles. The van der Waals surface area contributed by atoms with E-state index in [1.807, 2.05) is 6.07 Å². The summed E-state index contributed by atoms with van der Waals surface area (Å²) in [5.41, 5.74) is 1.22. The first-order chi connectivity index (χ1) is 7.31. The van der Waals surface area contributed by atoms with E-state index in [1.54, 1.807) is 6.07 Å². The number of nitriles is 1. The van der Waals surface area contributed by atoms with Gasteiger partial charge in [0, 0.05) is 6.54 Å². The van der Waals surface area contributed by atoms with E-state index >= 15 is 0 Å². The van der Waals surface area contributed by atoms with Crippen molar-refractivity contribution in [3.63, 3.8) is 0 Å². The molecular weight excluding hydrogens is 191 g/mol.